The number of allylic oxidation sites excluding steroid dienone is 10. The first-order valence-electron chi connectivity index (χ1n) is 18.4. The normalized spacial score (nSPS) is 22.3. The first kappa shape index (κ1) is 44.4. The van der Waals surface area contributed by atoms with Crippen molar-refractivity contribution >= 4 is 11.9 Å². The van der Waals surface area contributed by atoms with E-state index in [1.807, 2.05) is 54.7 Å². The van der Waals surface area contributed by atoms with Crippen LogP contribution in [0.5, 0.6) is 0 Å². The third kappa shape index (κ3) is 22.7. The molecular formula is C39H64O10. The van der Waals surface area contributed by atoms with Crippen molar-refractivity contribution in [1.82, 2.24) is 0 Å². The Morgan fingerprint density at radius 1 is 0.653 bits per heavy atom. The minimum Gasteiger partial charge on any atom is -0.462 e. The van der Waals surface area contributed by atoms with E-state index in [0.717, 1.165) is 25.7 Å². The molecule has 10 nitrogen and oxygen atoms in total. The number of hydrogen-bond donors (Lipinski definition) is 4. The average Bonchev–Trinajstić information content (AvgIpc) is 3.10. The van der Waals surface area contributed by atoms with Crippen LogP contribution in [0.4, 0.5) is 0 Å². The maximum atomic E-state index is 12.6. The molecule has 6 atom stereocenters. The Kier molecular flexibility index (Phi) is 27.4. The van der Waals surface area contributed by atoms with Crippen LogP contribution in [0, 0.1) is 0 Å². The molecule has 0 aromatic carbocycles. The molecule has 0 bridgehead atoms. The number of aliphatic hydroxyl groups excluding tert-OH is 4. The zero-order valence-electron chi connectivity index (χ0n) is 29.9. The Hall–Kier alpha value is -2.60. The summed E-state index contributed by atoms with van der Waals surface area (Å²) >= 11 is 0. The molecule has 0 spiro atoms. The molecule has 0 saturated carbocycles. The van der Waals surface area contributed by atoms with Crippen LogP contribution in [-0.2, 0) is 28.5 Å². The van der Waals surface area contributed by atoms with E-state index in [-0.39, 0.29) is 26.1 Å². The Bertz CT molecular complexity index is 986. The molecule has 10 heteroatoms. The molecule has 0 aliphatic carbocycles. The summed E-state index contributed by atoms with van der Waals surface area (Å²) in [6.07, 6.45) is 26.8. The lowest BCUT2D eigenvalue weighted by Crippen LogP contribution is -2.59. The zero-order valence-corrected chi connectivity index (χ0v) is 29.9. The van der Waals surface area contributed by atoms with Crippen molar-refractivity contribution in [3.05, 3.63) is 60.8 Å². The number of hydrogen-bond acceptors (Lipinski definition) is 10. The van der Waals surface area contributed by atoms with Crippen LogP contribution in [0.1, 0.15) is 117 Å². The fraction of sp³-hybridized carbons (Fsp3) is 0.692. The minimum absolute atomic E-state index is 0.132. The minimum atomic E-state index is -1.61. The maximum absolute atomic E-state index is 12.6. The molecule has 1 aliphatic rings. The van der Waals surface area contributed by atoms with Gasteiger partial charge in [0.05, 0.1) is 13.2 Å². The summed E-state index contributed by atoms with van der Waals surface area (Å²) in [7, 11) is 0. The summed E-state index contributed by atoms with van der Waals surface area (Å²) in [5.41, 5.74) is 0. The van der Waals surface area contributed by atoms with Crippen LogP contribution in [-0.4, -0.2) is 89.0 Å². The highest BCUT2D eigenvalue weighted by Gasteiger charge is 2.44. The zero-order chi connectivity index (χ0) is 36.0. The van der Waals surface area contributed by atoms with Crippen LogP contribution in [0.25, 0.3) is 0 Å². The van der Waals surface area contributed by atoms with E-state index in [1.54, 1.807) is 0 Å². The van der Waals surface area contributed by atoms with Crippen molar-refractivity contribution in [2.45, 2.75) is 153 Å². The quantitative estimate of drug-likeness (QED) is 0.0417. The standard InChI is InChI=1S/C39H64O10/c1-3-5-7-9-11-13-15-16-18-20-22-24-26-28-35(42)48-32(31-47-39-38(45)37(44)36(43)33(29-40)49-39)30-46-34(41)27-25-23-21-19-17-14-12-10-8-6-4-2/h5,7,9,11,13,15-16,18,20,22,32-33,36-40,43-45H,3-4,6,8,10,12,14,17,19,21,23-31H2,1-2H3/b7-5+,11-9+,15-13+,18-16+,22-20+/t32?,33-,36+,37?,38?,39-/m1/s1. The number of carbonyl (C=O) groups excluding carboxylic acids is 2. The van der Waals surface area contributed by atoms with Gasteiger partial charge in [0.25, 0.3) is 0 Å². The van der Waals surface area contributed by atoms with E-state index in [0.29, 0.717) is 19.3 Å². The largest absolute Gasteiger partial charge is 0.462 e. The molecule has 0 aromatic heterocycles. The first-order valence-corrected chi connectivity index (χ1v) is 18.4. The van der Waals surface area contributed by atoms with Gasteiger partial charge >= 0.3 is 11.9 Å². The van der Waals surface area contributed by atoms with Gasteiger partial charge in [-0.05, 0) is 25.7 Å². The van der Waals surface area contributed by atoms with Crippen LogP contribution in [0.15, 0.2) is 60.8 Å². The van der Waals surface area contributed by atoms with Crippen LogP contribution in [0.2, 0.25) is 0 Å². The summed E-state index contributed by atoms with van der Waals surface area (Å²) in [4.78, 5) is 25.1. The van der Waals surface area contributed by atoms with Gasteiger partial charge in [-0.1, -0.05) is 139 Å². The highest BCUT2D eigenvalue weighted by molar-refractivity contribution is 5.70. The molecule has 1 rings (SSSR count). The summed E-state index contributed by atoms with van der Waals surface area (Å²) in [6, 6.07) is 0. The van der Waals surface area contributed by atoms with Gasteiger partial charge in [0, 0.05) is 12.8 Å². The lowest BCUT2D eigenvalue weighted by molar-refractivity contribution is -0.305. The predicted molar refractivity (Wildman–Crippen MR) is 191 cm³/mol. The van der Waals surface area contributed by atoms with Crippen molar-refractivity contribution in [2.75, 3.05) is 19.8 Å². The van der Waals surface area contributed by atoms with Gasteiger partial charge in [0.1, 0.15) is 31.0 Å². The molecule has 1 heterocycles. The molecule has 1 fully saturated rings. The summed E-state index contributed by atoms with van der Waals surface area (Å²) in [5.74, 6) is -0.901. The van der Waals surface area contributed by atoms with Gasteiger partial charge in [-0.3, -0.25) is 9.59 Å². The highest BCUT2D eigenvalue weighted by atomic mass is 16.7. The Morgan fingerprint density at radius 2 is 1.20 bits per heavy atom. The molecular weight excluding hydrogens is 628 g/mol. The number of unbranched alkanes of at least 4 members (excludes halogenated alkanes) is 11. The smallest absolute Gasteiger partial charge is 0.306 e. The van der Waals surface area contributed by atoms with Crippen molar-refractivity contribution in [3.8, 4) is 0 Å². The second-order valence-corrected chi connectivity index (χ2v) is 12.4. The summed E-state index contributed by atoms with van der Waals surface area (Å²) in [6.45, 7) is 3.15. The van der Waals surface area contributed by atoms with Crippen LogP contribution in [0.3, 0.4) is 0 Å². The lowest BCUT2D eigenvalue weighted by atomic mass is 9.99. The van der Waals surface area contributed by atoms with E-state index >= 15 is 0 Å². The lowest BCUT2D eigenvalue weighted by Gasteiger charge is -2.39. The fourth-order valence-electron chi connectivity index (χ4n) is 5.10. The van der Waals surface area contributed by atoms with E-state index in [4.69, 9.17) is 18.9 Å². The van der Waals surface area contributed by atoms with Gasteiger partial charge in [-0.25, -0.2) is 0 Å². The third-order valence-corrected chi connectivity index (χ3v) is 8.04. The van der Waals surface area contributed by atoms with Crippen molar-refractivity contribution in [2.24, 2.45) is 0 Å². The molecule has 0 amide bonds. The van der Waals surface area contributed by atoms with E-state index in [1.165, 1.54) is 44.9 Å². The molecule has 1 aliphatic heterocycles. The number of esters is 2. The predicted octanol–water partition coefficient (Wildman–Crippen LogP) is 6.32. The SMILES string of the molecule is CC/C=C/C=C/C=C/C=C/C=C/CCCC(=O)OC(COC(=O)CCCCCCCCCCCCC)CO[C@@H]1O[C@H](CO)[C@H](O)C(O)C1O. The Morgan fingerprint density at radius 3 is 1.80 bits per heavy atom. The van der Waals surface area contributed by atoms with Gasteiger partial charge in [-0.15, -0.1) is 0 Å². The molecule has 49 heavy (non-hydrogen) atoms. The molecule has 0 aromatic rings. The monoisotopic (exact) mass is 692 g/mol. The van der Waals surface area contributed by atoms with Gasteiger partial charge in [-0.2, -0.15) is 0 Å². The Labute approximate surface area is 294 Å². The first-order chi connectivity index (χ1) is 23.8. The van der Waals surface area contributed by atoms with Crippen molar-refractivity contribution in [1.29, 1.82) is 0 Å². The molecule has 280 valence electrons. The van der Waals surface area contributed by atoms with Crippen molar-refractivity contribution in [3.63, 3.8) is 0 Å². The maximum Gasteiger partial charge on any atom is 0.306 e. The average molecular weight is 693 g/mol. The topological polar surface area (TPSA) is 152 Å². The molecule has 0 radical (unpaired) electrons. The van der Waals surface area contributed by atoms with Gasteiger partial charge in [0.15, 0.2) is 12.4 Å². The highest BCUT2D eigenvalue weighted by Crippen LogP contribution is 2.22. The number of carbonyl (C=O) groups is 2. The second kappa shape index (κ2) is 30.2. The number of aliphatic hydroxyl groups is 4. The van der Waals surface area contributed by atoms with Gasteiger partial charge in [0.2, 0.25) is 0 Å². The number of ether oxygens (including phenoxy) is 4. The van der Waals surface area contributed by atoms with Crippen molar-refractivity contribution < 1.29 is 49.0 Å². The van der Waals surface area contributed by atoms with Gasteiger partial charge < -0.3 is 39.4 Å². The van der Waals surface area contributed by atoms with Crippen LogP contribution >= 0.6 is 0 Å². The molecule has 1 saturated heterocycles. The van der Waals surface area contributed by atoms with E-state index in [9.17, 15) is 30.0 Å². The van der Waals surface area contributed by atoms with Crippen LogP contribution < -0.4 is 0 Å². The number of rotatable bonds is 28. The molecule has 4 N–H and O–H groups in total. The third-order valence-electron chi connectivity index (χ3n) is 8.04. The van der Waals surface area contributed by atoms with E-state index in [2.05, 4.69) is 19.9 Å². The summed E-state index contributed by atoms with van der Waals surface area (Å²) in [5, 5.41) is 39.8. The fourth-order valence-corrected chi connectivity index (χ4v) is 5.10. The Balaban J connectivity index is 2.50. The summed E-state index contributed by atoms with van der Waals surface area (Å²) < 4.78 is 21.9. The molecule has 3 unspecified atom stereocenters. The van der Waals surface area contributed by atoms with E-state index < -0.39 is 55.4 Å². The second-order valence-electron chi connectivity index (χ2n) is 12.4.